The van der Waals surface area contributed by atoms with E-state index in [1.807, 2.05) is 12.1 Å². The van der Waals surface area contributed by atoms with E-state index in [0.29, 0.717) is 5.15 Å². The summed E-state index contributed by atoms with van der Waals surface area (Å²) in [5, 5.41) is 1.32. The molecule has 0 aliphatic heterocycles. The molecule has 2 nitrogen and oxygen atoms in total. The Balaban J connectivity index is 2.32. The van der Waals surface area contributed by atoms with Crippen LogP contribution < -0.4 is 0 Å². The molecule has 0 saturated carbocycles. The molecule has 17 heavy (non-hydrogen) atoms. The number of thiophene rings is 2. The first-order chi connectivity index (χ1) is 8.16. The molecule has 7 heteroatoms. The fraction of sp³-hybridized carbons (Fsp3) is 0. The van der Waals surface area contributed by atoms with E-state index < -0.39 is 0 Å². The van der Waals surface area contributed by atoms with Crippen molar-refractivity contribution in [3.05, 3.63) is 32.4 Å². The highest BCUT2D eigenvalue weighted by Crippen LogP contribution is 2.45. The first-order valence-electron chi connectivity index (χ1n) is 4.51. The maximum absolute atomic E-state index is 6.07. The molecule has 0 atom stereocenters. The number of hydrogen-bond acceptors (Lipinski definition) is 4. The highest BCUT2D eigenvalue weighted by atomic mass is 79.9. The lowest BCUT2D eigenvalue weighted by atomic mass is 10.3. The van der Waals surface area contributed by atoms with Gasteiger partial charge in [-0.1, -0.05) is 23.2 Å². The summed E-state index contributed by atoms with van der Waals surface area (Å²) in [5.74, 6) is 0. The van der Waals surface area contributed by atoms with Crippen molar-refractivity contribution in [2.24, 2.45) is 0 Å². The molecule has 0 amide bonds. The summed E-state index contributed by atoms with van der Waals surface area (Å²) in [5.41, 5.74) is 0. The summed E-state index contributed by atoms with van der Waals surface area (Å²) >= 11 is 18.7. The van der Waals surface area contributed by atoms with Gasteiger partial charge < -0.3 is 0 Å². The van der Waals surface area contributed by atoms with Gasteiger partial charge in [-0.3, -0.25) is 0 Å². The van der Waals surface area contributed by atoms with Crippen molar-refractivity contribution < 1.29 is 0 Å². The van der Waals surface area contributed by atoms with Crippen LogP contribution in [0.25, 0.3) is 20.0 Å². The predicted octanol–water partition coefficient (Wildman–Crippen LogP) is 5.49. The first-order valence-corrected chi connectivity index (χ1v) is 7.69. The molecule has 0 aromatic carbocycles. The minimum Gasteiger partial charge on any atom is -0.225 e. The lowest BCUT2D eigenvalue weighted by molar-refractivity contribution is 1.23. The molecule has 0 fully saturated rings. The SMILES string of the molecule is Clc1ccc(-c2sc3ncnc(Cl)c3c2Br)s1. The number of aromatic nitrogens is 2. The number of nitrogens with zero attached hydrogens (tertiary/aromatic N) is 2. The molecular formula is C10H3BrCl2N2S2. The fourth-order valence-corrected chi connectivity index (χ4v) is 5.15. The van der Waals surface area contributed by atoms with Crippen molar-refractivity contribution in [2.75, 3.05) is 0 Å². The molecular weight excluding hydrogens is 363 g/mol. The minimum absolute atomic E-state index is 0.465. The largest absolute Gasteiger partial charge is 0.225 e. The zero-order valence-corrected chi connectivity index (χ0v) is 12.8. The molecule has 3 rings (SSSR count). The van der Waals surface area contributed by atoms with Gasteiger partial charge in [0.05, 0.1) is 14.6 Å². The molecule has 0 aliphatic carbocycles. The average Bonchev–Trinajstić information content (AvgIpc) is 2.84. The smallest absolute Gasteiger partial charge is 0.142 e. The van der Waals surface area contributed by atoms with Gasteiger partial charge in [0.15, 0.2) is 0 Å². The van der Waals surface area contributed by atoms with Crippen LogP contribution in [0.2, 0.25) is 9.49 Å². The molecule has 0 aliphatic rings. The maximum Gasteiger partial charge on any atom is 0.142 e. The highest BCUT2D eigenvalue weighted by Gasteiger charge is 2.16. The summed E-state index contributed by atoms with van der Waals surface area (Å²) in [6.07, 6.45) is 1.47. The van der Waals surface area contributed by atoms with Gasteiger partial charge in [-0.2, -0.15) is 0 Å². The van der Waals surface area contributed by atoms with Crippen molar-refractivity contribution in [3.63, 3.8) is 0 Å². The topological polar surface area (TPSA) is 25.8 Å². The number of halogens is 3. The van der Waals surface area contributed by atoms with E-state index in [1.54, 1.807) is 11.3 Å². The van der Waals surface area contributed by atoms with Crippen LogP contribution in [-0.2, 0) is 0 Å². The summed E-state index contributed by atoms with van der Waals surface area (Å²) in [6, 6.07) is 3.87. The Kier molecular flexibility index (Phi) is 3.13. The third-order valence-electron chi connectivity index (χ3n) is 2.18. The third-order valence-corrected chi connectivity index (χ3v) is 6.03. The van der Waals surface area contributed by atoms with Crippen LogP contribution >= 0.6 is 61.8 Å². The number of fused-ring (bicyclic) bond motifs is 1. The molecule has 3 aromatic rings. The van der Waals surface area contributed by atoms with Gasteiger partial charge in [-0.05, 0) is 28.1 Å². The van der Waals surface area contributed by atoms with E-state index in [2.05, 4.69) is 25.9 Å². The number of hydrogen-bond donors (Lipinski definition) is 0. The average molecular weight is 366 g/mol. The van der Waals surface area contributed by atoms with Gasteiger partial charge in [0.2, 0.25) is 0 Å². The third kappa shape index (κ3) is 2.00. The molecule has 3 aromatic heterocycles. The fourth-order valence-electron chi connectivity index (χ4n) is 1.46. The van der Waals surface area contributed by atoms with E-state index in [4.69, 9.17) is 23.2 Å². The van der Waals surface area contributed by atoms with E-state index in [9.17, 15) is 0 Å². The Bertz CT molecular complexity index is 707. The molecule has 0 spiro atoms. The standard InChI is InChI=1S/C10H3BrCl2N2S2/c11-7-6-9(13)14-3-15-10(6)17-8(7)4-1-2-5(12)16-4/h1-3H. The van der Waals surface area contributed by atoms with E-state index in [1.165, 1.54) is 17.7 Å². The van der Waals surface area contributed by atoms with Crippen molar-refractivity contribution >= 4 is 72.0 Å². The monoisotopic (exact) mass is 364 g/mol. The Morgan fingerprint density at radius 3 is 2.59 bits per heavy atom. The van der Waals surface area contributed by atoms with Gasteiger partial charge in [-0.25, -0.2) is 9.97 Å². The molecule has 86 valence electrons. The Hall–Kier alpha value is -0.200. The lowest BCUT2D eigenvalue weighted by Gasteiger charge is -1.93. The van der Waals surface area contributed by atoms with Gasteiger partial charge in [-0.15, -0.1) is 22.7 Å². The van der Waals surface area contributed by atoms with Crippen LogP contribution in [0.4, 0.5) is 0 Å². The zero-order valence-electron chi connectivity index (χ0n) is 8.08. The summed E-state index contributed by atoms with van der Waals surface area (Å²) in [7, 11) is 0. The van der Waals surface area contributed by atoms with Gasteiger partial charge in [0.1, 0.15) is 16.3 Å². The van der Waals surface area contributed by atoms with Crippen LogP contribution in [0.5, 0.6) is 0 Å². The Morgan fingerprint density at radius 1 is 1.12 bits per heavy atom. The second-order valence-electron chi connectivity index (χ2n) is 3.19. The molecule has 0 bridgehead atoms. The molecule has 0 unspecified atom stereocenters. The summed E-state index contributed by atoms with van der Waals surface area (Å²) in [4.78, 5) is 11.3. The van der Waals surface area contributed by atoms with Gasteiger partial charge in [0, 0.05) is 9.35 Å². The lowest BCUT2D eigenvalue weighted by Crippen LogP contribution is -1.78. The predicted molar refractivity (Wildman–Crippen MR) is 78.4 cm³/mol. The van der Waals surface area contributed by atoms with Crippen molar-refractivity contribution in [1.82, 2.24) is 9.97 Å². The molecule has 0 saturated heterocycles. The van der Waals surface area contributed by atoms with Crippen LogP contribution in [0.1, 0.15) is 0 Å². The maximum atomic E-state index is 6.07. The number of rotatable bonds is 1. The molecule has 0 N–H and O–H groups in total. The molecule has 3 heterocycles. The van der Waals surface area contributed by atoms with E-state index >= 15 is 0 Å². The van der Waals surface area contributed by atoms with Crippen LogP contribution in [0.3, 0.4) is 0 Å². The van der Waals surface area contributed by atoms with Gasteiger partial charge >= 0.3 is 0 Å². The second-order valence-corrected chi connectivity index (χ2v) is 7.06. The normalized spacial score (nSPS) is 11.2. The summed E-state index contributed by atoms with van der Waals surface area (Å²) < 4.78 is 1.70. The van der Waals surface area contributed by atoms with Crippen LogP contribution in [-0.4, -0.2) is 9.97 Å². The van der Waals surface area contributed by atoms with Gasteiger partial charge in [0.25, 0.3) is 0 Å². The Labute approximate surface area is 123 Å². The van der Waals surface area contributed by atoms with E-state index in [-0.39, 0.29) is 0 Å². The van der Waals surface area contributed by atoms with Crippen molar-refractivity contribution in [1.29, 1.82) is 0 Å². The minimum atomic E-state index is 0.465. The Morgan fingerprint density at radius 2 is 1.94 bits per heavy atom. The van der Waals surface area contributed by atoms with Crippen molar-refractivity contribution in [2.45, 2.75) is 0 Å². The quantitative estimate of drug-likeness (QED) is 0.533. The second kappa shape index (κ2) is 4.48. The zero-order chi connectivity index (χ0) is 12.0. The highest BCUT2D eigenvalue weighted by molar-refractivity contribution is 9.10. The van der Waals surface area contributed by atoms with Crippen molar-refractivity contribution in [3.8, 4) is 9.75 Å². The van der Waals surface area contributed by atoms with Crippen LogP contribution in [0, 0.1) is 0 Å². The summed E-state index contributed by atoms with van der Waals surface area (Å²) in [6.45, 7) is 0. The first kappa shape index (κ1) is 11.9. The van der Waals surface area contributed by atoms with E-state index in [0.717, 1.165) is 28.8 Å². The van der Waals surface area contributed by atoms with Crippen LogP contribution in [0.15, 0.2) is 22.9 Å². The molecule has 0 radical (unpaired) electrons.